The number of aryl methyl sites for hydroxylation is 1. The van der Waals surface area contributed by atoms with Crippen LogP contribution in [0.5, 0.6) is 0 Å². The van der Waals surface area contributed by atoms with Gasteiger partial charge in [-0.2, -0.15) is 0 Å². The molecule has 0 aliphatic rings. The van der Waals surface area contributed by atoms with Gasteiger partial charge in [0, 0.05) is 29.9 Å². The predicted octanol–water partition coefficient (Wildman–Crippen LogP) is 3.24. The number of hydrogen-bond donors (Lipinski definition) is 1. The van der Waals surface area contributed by atoms with E-state index in [1.807, 2.05) is 20.2 Å². The second-order valence-electron chi connectivity index (χ2n) is 4.23. The summed E-state index contributed by atoms with van der Waals surface area (Å²) in [5.74, 6) is 0. The standard InChI is InChI=1S/C13H17N3S/c1-9-5-4-6-11(7-9)16(3)13-15-8-12(17-13)10(2)14/h4-8,10H,14H2,1-3H3. The van der Waals surface area contributed by atoms with Crippen LogP contribution in [0, 0.1) is 6.92 Å². The van der Waals surface area contributed by atoms with E-state index in [4.69, 9.17) is 5.73 Å². The predicted molar refractivity (Wildman–Crippen MR) is 74.0 cm³/mol. The monoisotopic (exact) mass is 247 g/mol. The number of aromatic nitrogens is 1. The average molecular weight is 247 g/mol. The molecule has 0 saturated heterocycles. The van der Waals surface area contributed by atoms with Gasteiger partial charge in [0.15, 0.2) is 5.13 Å². The summed E-state index contributed by atoms with van der Waals surface area (Å²) in [6.45, 7) is 4.07. The fraction of sp³-hybridized carbons (Fsp3) is 0.308. The molecule has 1 heterocycles. The highest BCUT2D eigenvalue weighted by molar-refractivity contribution is 7.15. The van der Waals surface area contributed by atoms with E-state index in [1.165, 1.54) is 5.56 Å². The first-order valence-electron chi connectivity index (χ1n) is 5.59. The van der Waals surface area contributed by atoms with Crippen LogP contribution in [0.2, 0.25) is 0 Å². The second kappa shape index (κ2) is 4.85. The molecule has 0 radical (unpaired) electrons. The minimum Gasteiger partial charge on any atom is -0.323 e. The van der Waals surface area contributed by atoms with Crippen LogP contribution >= 0.6 is 11.3 Å². The molecule has 0 spiro atoms. The zero-order chi connectivity index (χ0) is 12.4. The van der Waals surface area contributed by atoms with Crippen molar-refractivity contribution in [2.45, 2.75) is 19.9 Å². The molecule has 1 atom stereocenters. The molecular weight excluding hydrogens is 230 g/mol. The first kappa shape index (κ1) is 12.1. The lowest BCUT2D eigenvalue weighted by atomic mass is 10.2. The number of thiazole rings is 1. The molecule has 1 aromatic heterocycles. The van der Waals surface area contributed by atoms with Crippen molar-refractivity contribution in [3.05, 3.63) is 40.9 Å². The highest BCUT2D eigenvalue weighted by atomic mass is 32.1. The largest absolute Gasteiger partial charge is 0.323 e. The Morgan fingerprint density at radius 2 is 2.18 bits per heavy atom. The summed E-state index contributed by atoms with van der Waals surface area (Å²) in [4.78, 5) is 7.61. The Labute approximate surface area is 106 Å². The van der Waals surface area contributed by atoms with E-state index in [0.29, 0.717) is 0 Å². The van der Waals surface area contributed by atoms with Crippen molar-refractivity contribution in [3.63, 3.8) is 0 Å². The fourth-order valence-electron chi connectivity index (χ4n) is 1.59. The lowest BCUT2D eigenvalue weighted by molar-refractivity contribution is 0.835. The van der Waals surface area contributed by atoms with Crippen LogP contribution in [0.25, 0.3) is 0 Å². The summed E-state index contributed by atoms with van der Waals surface area (Å²) in [5, 5.41) is 0.975. The third kappa shape index (κ3) is 2.65. The lowest BCUT2D eigenvalue weighted by Gasteiger charge is -2.16. The summed E-state index contributed by atoms with van der Waals surface area (Å²) >= 11 is 1.64. The minimum absolute atomic E-state index is 0.0483. The van der Waals surface area contributed by atoms with Gasteiger partial charge in [-0.1, -0.05) is 23.5 Å². The van der Waals surface area contributed by atoms with Crippen molar-refractivity contribution in [1.29, 1.82) is 0 Å². The topological polar surface area (TPSA) is 42.2 Å². The smallest absolute Gasteiger partial charge is 0.189 e. The quantitative estimate of drug-likeness (QED) is 0.905. The molecule has 1 aromatic carbocycles. The Balaban J connectivity index is 2.27. The van der Waals surface area contributed by atoms with Crippen molar-refractivity contribution >= 4 is 22.2 Å². The zero-order valence-corrected chi connectivity index (χ0v) is 11.2. The molecule has 0 amide bonds. The molecule has 0 aliphatic heterocycles. The van der Waals surface area contributed by atoms with E-state index in [1.54, 1.807) is 11.3 Å². The lowest BCUT2D eigenvalue weighted by Crippen LogP contribution is -2.08. The Hall–Kier alpha value is -1.39. The SMILES string of the molecule is Cc1cccc(N(C)c2ncc(C(C)N)s2)c1. The third-order valence-corrected chi connectivity index (χ3v) is 3.91. The molecule has 0 bridgehead atoms. The van der Waals surface area contributed by atoms with Crippen molar-refractivity contribution < 1.29 is 0 Å². The summed E-state index contributed by atoms with van der Waals surface area (Å²) in [7, 11) is 2.03. The highest BCUT2D eigenvalue weighted by Gasteiger charge is 2.10. The molecule has 0 fully saturated rings. The van der Waals surface area contributed by atoms with Crippen LogP contribution in [-0.2, 0) is 0 Å². The Morgan fingerprint density at radius 3 is 2.76 bits per heavy atom. The number of anilines is 2. The zero-order valence-electron chi connectivity index (χ0n) is 10.3. The number of hydrogen-bond acceptors (Lipinski definition) is 4. The summed E-state index contributed by atoms with van der Waals surface area (Å²) in [5.41, 5.74) is 8.24. The molecule has 0 aliphatic carbocycles. The summed E-state index contributed by atoms with van der Waals surface area (Å²) < 4.78 is 0. The van der Waals surface area contributed by atoms with Crippen LogP contribution in [0.15, 0.2) is 30.5 Å². The molecule has 90 valence electrons. The van der Waals surface area contributed by atoms with Gasteiger partial charge in [-0.25, -0.2) is 4.98 Å². The van der Waals surface area contributed by atoms with Gasteiger partial charge < -0.3 is 10.6 Å². The number of benzene rings is 1. The van der Waals surface area contributed by atoms with Gasteiger partial charge >= 0.3 is 0 Å². The third-order valence-electron chi connectivity index (χ3n) is 2.64. The second-order valence-corrected chi connectivity index (χ2v) is 5.27. The molecule has 2 rings (SSSR count). The summed E-state index contributed by atoms with van der Waals surface area (Å²) in [6, 6.07) is 8.42. The van der Waals surface area contributed by atoms with Crippen LogP contribution in [0.4, 0.5) is 10.8 Å². The van der Waals surface area contributed by atoms with E-state index in [9.17, 15) is 0 Å². The van der Waals surface area contributed by atoms with Crippen LogP contribution < -0.4 is 10.6 Å². The molecule has 4 heteroatoms. The summed E-state index contributed by atoms with van der Waals surface area (Å²) in [6.07, 6.45) is 1.86. The Bertz CT molecular complexity index is 505. The van der Waals surface area contributed by atoms with Crippen molar-refractivity contribution in [2.24, 2.45) is 5.73 Å². The maximum absolute atomic E-state index is 5.84. The number of rotatable bonds is 3. The maximum atomic E-state index is 5.84. The van der Waals surface area contributed by atoms with Gasteiger partial charge in [-0.05, 0) is 31.5 Å². The Kier molecular flexibility index (Phi) is 3.45. The first-order chi connectivity index (χ1) is 8.08. The van der Waals surface area contributed by atoms with Crippen LogP contribution in [0.3, 0.4) is 0 Å². The first-order valence-corrected chi connectivity index (χ1v) is 6.41. The molecule has 0 saturated carbocycles. The highest BCUT2D eigenvalue weighted by Crippen LogP contribution is 2.30. The normalized spacial score (nSPS) is 12.5. The molecule has 2 aromatic rings. The molecule has 2 N–H and O–H groups in total. The number of nitrogens with two attached hydrogens (primary N) is 1. The van der Waals surface area contributed by atoms with E-state index in [-0.39, 0.29) is 6.04 Å². The molecule has 3 nitrogen and oxygen atoms in total. The van der Waals surface area contributed by atoms with Crippen molar-refractivity contribution in [2.75, 3.05) is 11.9 Å². The van der Waals surface area contributed by atoms with E-state index in [2.05, 4.69) is 41.1 Å². The van der Waals surface area contributed by atoms with Crippen molar-refractivity contribution in [3.8, 4) is 0 Å². The average Bonchev–Trinajstić information content (AvgIpc) is 2.77. The van der Waals surface area contributed by atoms with E-state index >= 15 is 0 Å². The molecule has 1 unspecified atom stereocenters. The van der Waals surface area contributed by atoms with Gasteiger partial charge in [0.2, 0.25) is 0 Å². The molecular formula is C13H17N3S. The van der Waals surface area contributed by atoms with Crippen molar-refractivity contribution in [1.82, 2.24) is 4.98 Å². The van der Waals surface area contributed by atoms with Gasteiger partial charge in [0.1, 0.15) is 0 Å². The van der Waals surface area contributed by atoms with E-state index in [0.717, 1.165) is 15.7 Å². The van der Waals surface area contributed by atoms with Crippen LogP contribution in [0.1, 0.15) is 23.4 Å². The van der Waals surface area contributed by atoms with E-state index < -0.39 is 0 Å². The van der Waals surface area contributed by atoms with Crippen LogP contribution in [-0.4, -0.2) is 12.0 Å². The minimum atomic E-state index is 0.0483. The maximum Gasteiger partial charge on any atom is 0.189 e. The molecule has 17 heavy (non-hydrogen) atoms. The van der Waals surface area contributed by atoms with Gasteiger partial charge in [0.05, 0.1) is 0 Å². The van der Waals surface area contributed by atoms with Gasteiger partial charge in [0.25, 0.3) is 0 Å². The Morgan fingerprint density at radius 1 is 1.41 bits per heavy atom. The van der Waals surface area contributed by atoms with Gasteiger partial charge in [-0.15, -0.1) is 0 Å². The van der Waals surface area contributed by atoms with Gasteiger partial charge in [-0.3, -0.25) is 0 Å². The number of nitrogens with zero attached hydrogens (tertiary/aromatic N) is 2. The fourth-order valence-corrected chi connectivity index (χ4v) is 2.44.